The Morgan fingerprint density at radius 1 is 0.900 bits per heavy atom. The van der Waals surface area contributed by atoms with Crippen molar-refractivity contribution in [3.8, 4) is 5.75 Å². The molecule has 2 saturated heterocycles. The summed E-state index contributed by atoms with van der Waals surface area (Å²) in [6.07, 6.45) is 0. The van der Waals surface area contributed by atoms with Gasteiger partial charge in [0.15, 0.2) is 0 Å². The van der Waals surface area contributed by atoms with Crippen LogP contribution in [0.15, 0.2) is 54.6 Å². The molecule has 0 atom stereocenters. The summed E-state index contributed by atoms with van der Waals surface area (Å²) >= 11 is 0. The lowest BCUT2D eigenvalue weighted by atomic mass is 10.2. The minimum Gasteiger partial charge on any atom is -0.497 e. The molecule has 0 radical (unpaired) electrons. The van der Waals surface area contributed by atoms with E-state index in [0.29, 0.717) is 26.2 Å². The second kappa shape index (κ2) is 9.17. The van der Waals surface area contributed by atoms with Crippen LogP contribution < -0.4 is 9.64 Å². The molecule has 0 unspecified atom stereocenters. The average Bonchev–Trinajstić information content (AvgIpc) is 3.15. The number of amides is 3. The van der Waals surface area contributed by atoms with Gasteiger partial charge in [0.05, 0.1) is 7.11 Å². The van der Waals surface area contributed by atoms with E-state index in [1.54, 1.807) is 16.9 Å². The minimum absolute atomic E-state index is 0.0271. The van der Waals surface area contributed by atoms with Crippen LogP contribution in [0.5, 0.6) is 5.75 Å². The molecular formula is C23H28N4O3. The number of carbonyl (C=O) groups is 2. The number of nitrogens with zero attached hydrogens (tertiary/aromatic N) is 4. The van der Waals surface area contributed by atoms with Gasteiger partial charge in [-0.2, -0.15) is 0 Å². The Morgan fingerprint density at radius 2 is 1.60 bits per heavy atom. The van der Waals surface area contributed by atoms with Gasteiger partial charge in [0.25, 0.3) is 0 Å². The molecule has 30 heavy (non-hydrogen) atoms. The third kappa shape index (κ3) is 4.57. The molecule has 4 rings (SSSR count). The van der Waals surface area contributed by atoms with Gasteiger partial charge in [0.2, 0.25) is 5.91 Å². The molecular weight excluding hydrogens is 380 g/mol. The number of hydrogen-bond acceptors (Lipinski definition) is 4. The molecule has 2 aliphatic heterocycles. The van der Waals surface area contributed by atoms with Crippen molar-refractivity contribution in [2.24, 2.45) is 0 Å². The van der Waals surface area contributed by atoms with Crippen molar-refractivity contribution in [1.82, 2.24) is 14.7 Å². The highest BCUT2D eigenvalue weighted by Crippen LogP contribution is 2.23. The second-order valence-corrected chi connectivity index (χ2v) is 7.70. The Morgan fingerprint density at radius 3 is 2.27 bits per heavy atom. The SMILES string of the molecule is COc1ccc(N2CCN(CC(=O)N3CCN(Cc4ccccc4)CC3)C2=O)cc1. The smallest absolute Gasteiger partial charge is 0.325 e. The van der Waals surface area contributed by atoms with Gasteiger partial charge in [-0.05, 0) is 29.8 Å². The standard InChI is InChI=1S/C23H28N4O3/c1-30-21-9-7-20(8-10-21)27-16-15-26(23(27)29)18-22(28)25-13-11-24(12-14-25)17-19-5-3-2-4-6-19/h2-10H,11-18H2,1H3. The zero-order valence-electron chi connectivity index (χ0n) is 17.4. The van der Waals surface area contributed by atoms with Gasteiger partial charge in [-0.15, -0.1) is 0 Å². The van der Waals surface area contributed by atoms with Crippen LogP contribution in [0, 0.1) is 0 Å². The fraction of sp³-hybridized carbons (Fsp3) is 0.391. The molecule has 7 heteroatoms. The van der Waals surface area contributed by atoms with Crippen molar-refractivity contribution in [2.45, 2.75) is 6.54 Å². The summed E-state index contributed by atoms with van der Waals surface area (Å²) in [5, 5.41) is 0. The van der Waals surface area contributed by atoms with E-state index in [-0.39, 0.29) is 18.5 Å². The summed E-state index contributed by atoms with van der Waals surface area (Å²) in [5.41, 5.74) is 2.11. The van der Waals surface area contributed by atoms with E-state index in [2.05, 4.69) is 29.2 Å². The molecule has 0 spiro atoms. The van der Waals surface area contributed by atoms with Crippen molar-refractivity contribution in [3.63, 3.8) is 0 Å². The molecule has 158 valence electrons. The van der Waals surface area contributed by atoms with Crippen molar-refractivity contribution < 1.29 is 14.3 Å². The number of rotatable bonds is 6. The summed E-state index contributed by atoms with van der Waals surface area (Å²) in [7, 11) is 1.62. The first kappa shape index (κ1) is 20.2. The van der Waals surface area contributed by atoms with Gasteiger partial charge in [-0.1, -0.05) is 30.3 Å². The van der Waals surface area contributed by atoms with E-state index in [9.17, 15) is 9.59 Å². The Balaban J connectivity index is 1.26. The van der Waals surface area contributed by atoms with Crippen LogP contribution in [0.2, 0.25) is 0 Å². The number of hydrogen-bond donors (Lipinski definition) is 0. The highest BCUT2D eigenvalue weighted by molar-refractivity contribution is 5.96. The third-order valence-corrected chi connectivity index (χ3v) is 5.78. The normalized spacial score (nSPS) is 17.5. The second-order valence-electron chi connectivity index (χ2n) is 7.70. The first-order valence-electron chi connectivity index (χ1n) is 10.4. The molecule has 0 saturated carbocycles. The predicted molar refractivity (Wildman–Crippen MR) is 116 cm³/mol. The maximum absolute atomic E-state index is 12.8. The van der Waals surface area contributed by atoms with Gasteiger partial charge in [-0.3, -0.25) is 14.6 Å². The highest BCUT2D eigenvalue weighted by atomic mass is 16.5. The average molecular weight is 409 g/mol. The van der Waals surface area contributed by atoms with E-state index in [1.165, 1.54) is 5.56 Å². The fourth-order valence-corrected chi connectivity index (χ4v) is 3.99. The first-order valence-corrected chi connectivity index (χ1v) is 10.4. The molecule has 0 aromatic heterocycles. The van der Waals surface area contributed by atoms with Gasteiger partial charge >= 0.3 is 6.03 Å². The van der Waals surface area contributed by atoms with Crippen molar-refractivity contribution >= 4 is 17.6 Å². The summed E-state index contributed by atoms with van der Waals surface area (Å²) < 4.78 is 5.17. The number of piperazine rings is 1. The minimum atomic E-state index is -0.115. The Labute approximate surface area is 177 Å². The zero-order chi connectivity index (χ0) is 20.9. The first-order chi connectivity index (χ1) is 14.6. The van der Waals surface area contributed by atoms with Crippen LogP contribution in [0.1, 0.15) is 5.56 Å². The summed E-state index contributed by atoms with van der Waals surface area (Å²) in [5.74, 6) is 0.781. The molecule has 3 amide bonds. The topological polar surface area (TPSA) is 56.3 Å². The highest BCUT2D eigenvalue weighted by Gasteiger charge is 2.32. The molecule has 2 heterocycles. The molecule has 2 aliphatic rings. The van der Waals surface area contributed by atoms with Crippen molar-refractivity contribution in [1.29, 1.82) is 0 Å². The Hall–Kier alpha value is -3.06. The molecule has 2 fully saturated rings. The molecule has 0 aliphatic carbocycles. The third-order valence-electron chi connectivity index (χ3n) is 5.78. The molecule has 0 N–H and O–H groups in total. The summed E-state index contributed by atoms with van der Waals surface area (Å²) in [4.78, 5) is 33.1. The van der Waals surface area contributed by atoms with E-state index in [0.717, 1.165) is 31.1 Å². The lowest BCUT2D eigenvalue weighted by molar-refractivity contribution is -0.133. The number of methoxy groups -OCH3 is 1. The van der Waals surface area contributed by atoms with E-state index >= 15 is 0 Å². The van der Waals surface area contributed by atoms with Gasteiger partial charge in [0.1, 0.15) is 12.3 Å². The van der Waals surface area contributed by atoms with Crippen LogP contribution in [-0.2, 0) is 11.3 Å². The molecule has 0 bridgehead atoms. The van der Waals surface area contributed by atoms with E-state index in [1.807, 2.05) is 35.2 Å². The zero-order valence-corrected chi connectivity index (χ0v) is 17.4. The van der Waals surface area contributed by atoms with Crippen molar-refractivity contribution in [3.05, 3.63) is 60.2 Å². The molecule has 2 aromatic rings. The maximum Gasteiger partial charge on any atom is 0.325 e. The van der Waals surface area contributed by atoms with Crippen LogP contribution in [0.3, 0.4) is 0 Å². The van der Waals surface area contributed by atoms with Crippen LogP contribution in [-0.4, -0.2) is 79.6 Å². The number of benzene rings is 2. The predicted octanol–water partition coefficient (Wildman–Crippen LogP) is 2.28. The lowest BCUT2D eigenvalue weighted by Gasteiger charge is -2.35. The van der Waals surface area contributed by atoms with E-state index < -0.39 is 0 Å². The number of carbonyl (C=O) groups excluding carboxylic acids is 2. The molecule has 7 nitrogen and oxygen atoms in total. The Bertz CT molecular complexity index is 864. The lowest BCUT2D eigenvalue weighted by Crippen LogP contribution is -2.51. The maximum atomic E-state index is 12.8. The quantitative estimate of drug-likeness (QED) is 0.736. The van der Waals surface area contributed by atoms with Crippen LogP contribution in [0.25, 0.3) is 0 Å². The van der Waals surface area contributed by atoms with Gasteiger partial charge in [-0.25, -0.2) is 4.79 Å². The van der Waals surface area contributed by atoms with Crippen LogP contribution >= 0.6 is 0 Å². The summed E-state index contributed by atoms with van der Waals surface area (Å²) in [6.45, 7) is 5.31. The van der Waals surface area contributed by atoms with Crippen molar-refractivity contribution in [2.75, 3.05) is 57.8 Å². The molecule has 2 aromatic carbocycles. The monoisotopic (exact) mass is 408 g/mol. The van der Waals surface area contributed by atoms with Gasteiger partial charge in [0, 0.05) is 51.5 Å². The number of anilines is 1. The van der Waals surface area contributed by atoms with Gasteiger partial charge < -0.3 is 14.5 Å². The largest absolute Gasteiger partial charge is 0.497 e. The number of ether oxygens (including phenoxy) is 1. The fourth-order valence-electron chi connectivity index (χ4n) is 3.99. The summed E-state index contributed by atoms with van der Waals surface area (Å²) in [6, 6.07) is 17.7. The van der Waals surface area contributed by atoms with Crippen LogP contribution in [0.4, 0.5) is 10.5 Å². The number of urea groups is 1. The Kier molecular flexibility index (Phi) is 6.18. The van der Waals surface area contributed by atoms with E-state index in [4.69, 9.17) is 4.74 Å².